The van der Waals surface area contributed by atoms with E-state index in [9.17, 15) is 9.59 Å². The molecule has 0 atom stereocenters. The Morgan fingerprint density at radius 3 is 0.806 bits per heavy atom. The number of carboxylic acids is 2. The van der Waals surface area contributed by atoms with E-state index < -0.39 is 32.1 Å². The smallest absolute Gasteiger partial charge is 0.478 e. The molecular formula is C52H60Cl3Fe2O4Sb+4. The first-order valence-corrected chi connectivity index (χ1v) is 26.9. The molecule has 4 nitrogen and oxygen atoms in total. The number of carbonyl (C=O) groups is 2. The number of carboxylic acid groups (broad SMARTS) is 2. The van der Waals surface area contributed by atoms with Gasteiger partial charge in [-0.25, -0.2) is 9.59 Å². The molecule has 4 aliphatic rings. The van der Waals surface area contributed by atoms with Crippen LogP contribution in [0.5, 0.6) is 0 Å². The molecule has 5 aromatic rings. The summed E-state index contributed by atoms with van der Waals surface area (Å²) in [6.45, 7) is 0. The second-order valence-corrected chi connectivity index (χ2v) is 23.8. The molecule has 4 saturated carbocycles. The summed E-state index contributed by atoms with van der Waals surface area (Å²) >= 11 is 16.0. The van der Waals surface area contributed by atoms with Crippen molar-refractivity contribution in [3.8, 4) is 0 Å². The second kappa shape index (κ2) is 30.1. The van der Waals surface area contributed by atoms with Gasteiger partial charge in [0.15, 0.2) is 0 Å². The number of rotatable bonds is 7. The van der Waals surface area contributed by atoms with Gasteiger partial charge in [0.1, 0.15) is 0 Å². The molecule has 10 heteroatoms. The molecule has 5 aromatic carbocycles. The molecule has 2 N–H and O–H groups in total. The quantitative estimate of drug-likeness (QED) is 0.159. The molecule has 0 heterocycles. The fraction of sp³-hybridized carbons (Fsp3) is 0.385. The molecular weight excluding hydrogens is 1030 g/mol. The zero-order valence-electron chi connectivity index (χ0n) is 35.4. The Morgan fingerprint density at radius 2 is 0.597 bits per heavy atom. The summed E-state index contributed by atoms with van der Waals surface area (Å²) in [5.41, 5.74) is 3.36. The van der Waals surface area contributed by atoms with E-state index in [-0.39, 0.29) is 34.1 Å². The van der Waals surface area contributed by atoms with Crippen LogP contribution >= 0.6 is 34.8 Å². The van der Waals surface area contributed by atoms with Crippen molar-refractivity contribution in [2.24, 2.45) is 0 Å². The van der Waals surface area contributed by atoms with Gasteiger partial charge in [-0.15, -0.1) is 0 Å². The van der Waals surface area contributed by atoms with E-state index in [1.54, 1.807) is 24.3 Å². The van der Waals surface area contributed by atoms with Crippen LogP contribution in [0.3, 0.4) is 0 Å². The van der Waals surface area contributed by atoms with Crippen molar-refractivity contribution in [1.29, 1.82) is 0 Å². The molecule has 0 aromatic heterocycles. The van der Waals surface area contributed by atoms with Crippen LogP contribution in [0, 0.1) is 0 Å². The minimum Gasteiger partial charge on any atom is -0.478 e. The summed E-state index contributed by atoms with van der Waals surface area (Å²) in [4.78, 5) is 21.3. The van der Waals surface area contributed by atoms with Crippen LogP contribution in [0.4, 0.5) is 0 Å². The summed E-state index contributed by atoms with van der Waals surface area (Å²) < 4.78 is 4.08. The molecule has 0 spiro atoms. The van der Waals surface area contributed by atoms with Crippen molar-refractivity contribution in [2.45, 2.75) is 127 Å². The van der Waals surface area contributed by atoms with Gasteiger partial charge in [-0.1, -0.05) is 114 Å². The first-order valence-electron chi connectivity index (χ1n) is 21.9. The summed E-state index contributed by atoms with van der Waals surface area (Å²) in [6.07, 6.45) is 25.3. The van der Waals surface area contributed by atoms with Crippen LogP contribution in [0.1, 0.15) is 159 Å². The summed E-state index contributed by atoms with van der Waals surface area (Å²) in [5.74, 6) is -0.360. The summed E-state index contributed by atoms with van der Waals surface area (Å²) in [7, 11) is 0. The number of hydrogen-bond acceptors (Lipinski definition) is 2. The van der Waals surface area contributed by atoms with Crippen LogP contribution in [-0.4, -0.2) is 42.4 Å². The van der Waals surface area contributed by atoms with Gasteiger partial charge < -0.3 is 10.2 Å². The first-order chi connectivity index (χ1) is 29.2. The monoisotopic (exact) mass is 1090 g/mol. The number of aromatic carboxylic acids is 2. The van der Waals surface area contributed by atoms with E-state index in [0.717, 1.165) is 15.1 Å². The van der Waals surface area contributed by atoms with Crippen molar-refractivity contribution in [3.63, 3.8) is 0 Å². The summed E-state index contributed by atoms with van der Waals surface area (Å²) in [6, 6.07) is 39.2. The zero-order chi connectivity index (χ0) is 42.5. The Balaban J connectivity index is 0.000000224. The largest absolute Gasteiger partial charge is 2.00 e. The molecule has 0 bridgehead atoms. The SMILES string of the molecule is C1CCCC1.C1CCCC1.Clc1cc[c]([Sb]([c]2ccc(Cl)cc2)[c]2ccc(Cl)cc2)cc1.O=C(O)c1ccc(C2CCCC2)cc1.O=C(O)c1ccc(C2CCCC2)cc1.[Fe+2].[Fe+2]. The maximum Gasteiger partial charge on any atom is 2.00 e. The van der Waals surface area contributed by atoms with E-state index in [1.165, 1.54) is 137 Å². The predicted octanol–water partition coefficient (Wildman–Crippen LogP) is 14.1. The van der Waals surface area contributed by atoms with E-state index >= 15 is 0 Å². The van der Waals surface area contributed by atoms with Crippen molar-refractivity contribution in [3.05, 3.63) is 159 Å². The normalized spacial score (nSPS) is 15.5. The van der Waals surface area contributed by atoms with Crippen LogP contribution in [0.25, 0.3) is 0 Å². The zero-order valence-corrected chi connectivity index (χ0v) is 42.5. The summed E-state index contributed by atoms with van der Waals surface area (Å²) in [5, 5.41) is 19.8. The maximum atomic E-state index is 10.6. The Hall–Kier alpha value is -2.23. The van der Waals surface area contributed by atoms with E-state index in [1.807, 2.05) is 60.7 Å². The molecule has 0 saturated heterocycles. The van der Waals surface area contributed by atoms with Crippen molar-refractivity contribution < 1.29 is 53.9 Å². The third-order valence-corrected chi connectivity index (χ3v) is 19.5. The molecule has 0 radical (unpaired) electrons. The molecule has 9 rings (SSSR count). The predicted molar refractivity (Wildman–Crippen MR) is 254 cm³/mol. The molecule has 0 unspecified atom stereocenters. The molecule has 0 amide bonds. The standard InChI is InChI=1S/2C12H14O2.3C6H4Cl.2C5H10.2Fe.Sb/c2*13-12(14)11-7-5-10(6-8-11)9-3-1-2-4-9;3*7-6-4-2-1-3-5-6;2*1-2-4-5-3-1;;;/h2*5-9H,1-4H2,(H,13,14);3*2-5H;2*1-5H2;;;/q;;;;;;;2*+2;. The molecule has 330 valence electrons. The van der Waals surface area contributed by atoms with Gasteiger partial charge in [0.05, 0.1) is 11.1 Å². The fourth-order valence-corrected chi connectivity index (χ4v) is 15.1. The van der Waals surface area contributed by atoms with Gasteiger partial charge in [-0.05, 0) is 72.9 Å². The Morgan fingerprint density at radius 1 is 0.371 bits per heavy atom. The number of benzene rings is 5. The van der Waals surface area contributed by atoms with Gasteiger partial charge in [-0.2, -0.15) is 0 Å². The molecule has 0 aliphatic heterocycles. The number of halogens is 3. The van der Waals surface area contributed by atoms with Crippen LogP contribution in [0.15, 0.2) is 121 Å². The fourth-order valence-electron chi connectivity index (χ4n) is 8.30. The first kappa shape index (κ1) is 54.1. The Labute approximate surface area is 413 Å². The molecule has 4 fully saturated rings. The minimum absolute atomic E-state index is 0. The van der Waals surface area contributed by atoms with Crippen LogP contribution in [0.2, 0.25) is 15.1 Å². The third-order valence-electron chi connectivity index (χ3n) is 11.7. The van der Waals surface area contributed by atoms with Crippen molar-refractivity contribution >= 4 is 77.5 Å². The van der Waals surface area contributed by atoms with Gasteiger partial charge >= 0.3 is 199 Å². The van der Waals surface area contributed by atoms with Gasteiger partial charge in [-0.3, -0.25) is 0 Å². The third kappa shape index (κ3) is 18.7. The minimum atomic E-state index is -2.08. The van der Waals surface area contributed by atoms with E-state index in [2.05, 4.69) is 36.4 Å². The average Bonchev–Trinajstić information content (AvgIpc) is 4.14. The van der Waals surface area contributed by atoms with E-state index in [4.69, 9.17) is 45.0 Å². The maximum absolute atomic E-state index is 10.6. The Bertz CT molecular complexity index is 1790. The van der Waals surface area contributed by atoms with Crippen molar-refractivity contribution in [1.82, 2.24) is 0 Å². The topological polar surface area (TPSA) is 74.6 Å². The van der Waals surface area contributed by atoms with Gasteiger partial charge in [0, 0.05) is 0 Å². The van der Waals surface area contributed by atoms with Gasteiger partial charge in [0.25, 0.3) is 0 Å². The van der Waals surface area contributed by atoms with E-state index in [0.29, 0.717) is 23.0 Å². The number of hydrogen-bond donors (Lipinski definition) is 2. The Kier molecular flexibility index (Phi) is 26.2. The molecule has 62 heavy (non-hydrogen) atoms. The van der Waals surface area contributed by atoms with Crippen LogP contribution < -0.4 is 10.5 Å². The molecule has 4 aliphatic carbocycles. The second-order valence-electron chi connectivity index (χ2n) is 16.1. The average molecular weight is 1090 g/mol. The van der Waals surface area contributed by atoms with Crippen LogP contribution in [-0.2, 0) is 34.1 Å². The van der Waals surface area contributed by atoms with Crippen molar-refractivity contribution in [2.75, 3.05) is 0 Å². The van der Waals surface area contributed by atoms with Gasteiger partial charge in [0.2, 0.25) is 0 Å².